The lowest BCUT2D eigenvalue weighted by Gasteiger charge is -2.37. The summed E-state index contributed by atoms with van der Waals surface area (Å²) in [5, 5.41) is 5.99. The highest BCUT2D eigenvalue weighted by Crippen LogP contribution is 2.42. The number of hydrogen-bond donors (Lipinski definition) is 1. The Balaban J connectivity index is 1.64. The molecule has 0 radical (unpaired) electrons. The van der Waals surface area contributed by atoms with E-state index in [0.717, 1.165) is 6.07 Å². The van der Waals surface area contributed by atoms with Crippen LogP contribution in [0.25, 0.3) is 22.7 Å². The maximum absolute atomic E-state index is 15.2. The number of pyridine rings is 1. The number of amides is 1. The maximum atomic E-state index is 15.2. The van der Waals surface area contributed by atoms with Crippen LogP contribution in [0.3, 0.4) is 0 Å². The molecule has 2 atom stereocenters. The average Bonchev–Trinajstić information content (AvgIpc) is 3.36. The Bertz CT molecular complexity index is 1450. The minimum atomic E-state index is -4.86. The Labute approximate surface area is 235 Å². The Morgan fingerprint density at radius 2 is 1.88 bits per heavy atom. The highest BCUT2D eigenvalue weighted by molar-refractivity contribution is 5.91. The lowest BCUT2D eigenvalue weighted by molar-refractivity contribution is -0.208. The van der Waals surface area contributed by atoms with E-state index in [1.165, 1.54) is 43.5 Å². The number of alkyl halides is 5. The van der Waals surface area contributed by atoms with Crippen molar-refractivity contribution >= 4 is 12.1 Å². The topological polar surface area (TPSA) is 108 Å². The first-order valence-electron chi connectivity index (χ1n) is 12.5. The van der Waals surface area contributed by atoms with Gasteiger partial charge in [-0.05, 0) is 58.0 Å². The van der Waals surface area contributed by atoms with Gasteiger partial charge in [0.2, 0.25) is 0 Å². The summed E-state index contributed by atoms with van der Waals surface area (Å²) in [6.45, 7) is 5.17. The number of ether oxygens (including phenoxy) is 3. The Kier molecular flexibility index (Phi) is 8.41. The highest BCUT2D eigenvalue weighted by Gasteiger charge is 2.50. The number of carbonyl (C=O) groups is 1. The molecule has 0 bridgehead atoms. The van der Waals surface area contributed by atoms with Crippen LogP contribution in [0.4, 0.5) is 31.1 Å². The molecule has 0 spiro atoms. The van der Waals surface area contributed by atoms with E-state index in [4.69, 9.17) is 18.7 Å². The zero-order valence-corrected chi connectivity index (χ0v) is 22.8. The molecule has 2 aromatic heterocycles. The summed E-state index contributed by atoms with van der Waals surface area (Å²) in [7, 11) is 0. The van der Waals surface area contributed by atoms with Crippen molar-refractivity contribution in [3.8, 4) is 28.5 Å². The molecule has 1 aliphatic rings. The zero-order valence-electron chi connectivity index (χ0n) is 22.8. The number of nitrogens with zero attached hydrogens (tertiary/aromatic N) is 3. The molecule has 42 heavy (non-hydrogen) atoms. The molecule has 226 valence electrons. The van der Waals surface area contributed by atoms with E-state index in [0.29, 0.717) is 5.69 Å². The van der Waals surface area contributed by atoms with E-state index in [-0.39, 0.29) is 28.3 Å². The Hall–Kier alpha value is -4.30. The third kappa shape index (κ3) is 7.50. The van der Waals surface area contributed by atoms with E-state index >= 15 is 4.39 Å². The van der Waals surface area contributed by atoms with Crippen molar-refractivity contribution in [2.45, 2.75) is 64.0 Å². The van der Waals surface area contributed by atoms with E-state index in [2.05, 4.69) is 20.4 Å². The fourth-order valence-electron chi connectivity index (χ4n) is 4.03. The number of rotatable bonds is 6. The molecule has 1 N–H and O–H groups in total. The largest absolute Gasteiger partial charge is 0.486 e. The smallest absolute Gasteiger partial charge is 0.425 e. The summed E-state index contributed by atoms with van der Waals surface area (Å²) < 4.78 is 101. The summed E-state index contributed by atoms with van der Waals surface area (Å²) in [6, 6.07) is 7.21. The van der Waals surface area contributed by atoms with E-state index in [1.807, 2.05) is 0 Å². The maximum Gasteiger partial charge on any atom is 0.425 e. The quantitative estimate of drug-likeness (QED) is 0.316. The van der Waals surface area contributed by atoms with Gasteiger partial charge in [-0.3, -0.25) is 4.98 Å². The zero-order chi connectivity index (χ0) is 30.9. The second-order valence-corrected chi connectivity index (χ2v) is 10.5. The standard InChI is InChI=1S/C27H26F6N4O5/c1-25(2,3)41-24(38)35-23-36-26(4,11-21(40-23)27(31,32)33)16-9-14(5-7-17(16)28)20-10-19(37-42-20)18-8-6-15(12-34-18)39-13-22(29)30/h5-10,12,21-22H,11,13H2,1-4H3,(H,35,36,38)/t21-,26-/m0/s1. The SMILES string of the molecule is CC(C)(C)OC(=O)NC1=N[C@](C)(c2cc(-c3cc(-c4ccc(OCC(F)F)cn4)no3)ccc2F)C[C@@H](C(F)(F)F)O1. The summed E-state index contributed by atoms with van der Waals surface area (Å²) >= 11 is 0. The molecule has 1 aromatic carbocycles. The van der Waals surface area contributed by atoms with E-state index in [9.17, 15) is 26.7 Å². The lowest BCUT2D eigenvalue weighted by Crippen LogP contribution is -2.49. The number of benzene rings is 1. The molecular formula is C27H26F6N4O5. The van der Waals surface area contributed by atoms with Crippen molar-refractivity contribution in [3.63, 3.8) is 0 Å². The van der Waals surface area contributed by atoms with Crippen molar-refractivity contribution in [3.05, 3.63) is 54.0 Å². The van der Waals surface area contributed by atoms with Gasteiger partial charge in [0, 0.05) is 23.6 Å². The van der Waals surface area contributed by atoms with Gasteiger partial charge in [0.25, 0.3) is 12.4 Å². The van der Waals surface area contributed by atoms with Crippen molar-refractivity contribution in [2.24, 2.45) is 4.99 Å². The summed E-state index contributed by atoms with van der Waals surface area (Å²) in [5.41, 5.74) is -2.20. The van der Waals surface area contributed by atoms with E-state index in [1.54, 1.807) is 20.8 Å². The molecule has 9 nitrogen and oxygen atoms in total. The second-order valence-electron chi connectivity index (χ2n) is 10.5. The summed E-state index contributed by atoms with van der Waals surface area (Å²) in [6.07, 6.45) is -10.6. The van der Waals surface area contributed by atoms with Gasteiger partial charge in [-0.25, -0.2) is 28.3 Å². The summed E-state index contributed by atoms with van der Waals surface area (Å²) in [5.74, 6) is -0.607. The molecule has 15 heteroatoms. The van der Waals surface area contributed by atoms with Gasteiger partial charge in [0.05, 0.1) is 17.4 Å². The first-order valence-corrected chi connectivity index (χ1v) is 12.5. The van der Waals surface area contributed by atoms with Gasteiger partial charge >= 0.3 is 12.3 Å². The first kappa shape index (κ1) is 30.7. The third-order valence-electron chi connectivity index (χ3n) is 5.87. The second kappa shape index (κ2) is 11.5. The molecular weight excluding hydrogens is 574 g/mol. The average molecular weight is 601 g/mol. The molecule has 0 fully saturated rings. The normalized spacial score (nSPS) is 19.2. The van der Waals surface area contributed by atoms with Crippen LogP contribution in [-0.2, 0) is 15.0 Å². The number of aromatic nitrogens is 2. The van der Waals surface area contributed by atoms with Crippen molar-refractivity contribution in [2.75, 3.05) is 6.61 Å². The van der Waals surface area contributed by atoms with Crippen molar-refractivity contribution < 1.29 is 49.9 Å². The van der Waals surface area contributed by atoms with Crippen LogP contribution >= 0.6 is 0 Å². The van der Waals surface area contributed by atoms with Gasteiger partial charge < -0.3 is 18.7 Å². The number of aliphatic imine (C=N–C) groups is 1. The lowest BCUT2D eigenvalue weighted by atomic mass is 9.84. The summed E-state index contributed by atoms with van der Waals surface area (Å²) in [4.78, 5) is 20.5. The van der Waals surface area contributed by atoms with Crippen LogP contribution in [0.2, 0.25) is 0 Å². The molecule has 3 heterocycles. The predicted octanol–water partition coefficient (Wildman–Crippen LogP) is 6.63. The highest BCUT2D eigenvalue weighted by atomic mass is 19.4. The number of carbonyl (C=O) groups excluding carboxylic acids is 1. The monoisotopic (exact) mass is 600 g/mol. The molecule has 3 aromatic rings. The van der Waals surface area contributed by atoms with Gasteiger partial charge in [0.15, 0.2) is 11.9 Å². The fourth-order valence-corrected chi connectivity index (χ4v) is 4.03. The third-order valence-corrected chi connectivity index (χ3v) is 5.87. The van der Waals surface area contributed by atoms with Crippen LogP contribution in [0.5, 0.6) is 5.75 Å². The van der Waals surface area contributed by atoms with Crippen LogP contribution < -0.4 is 10.1 Å². The van der Waals surface area contributed by atoms with Crippen molar-refractivity contribution in [1.29, 1.82) is 0 Å². The molecule has 0 aliphatic carbocycles. The molecule has 0 saturated heterocycles. The van der Waals surface area contributed by atoms with Crippen LogP contribution in [0, 0.1) is 5.82 Å². The number of hydrogen-bond acceptors (Lipinski definition) is 8. The number of nitrogens with one attached hydrogen (secondary N) is 1. The van der Waals surface area contributed by atoms with Gasteiger partial charge in [-0.2, -0.15) is 13.2 Å². The molecule has 0 saturated carbocycles. The minimum Gasteiger partial charge on any atom is -0.486 e. The predicted molar refractivity (Wildman–Crippen MR) is 136 cm³/mol. The molecule has 0 unspecified atom stereocenters. The van der Waals surface area contributed by atoms with Gasteiger partial charge in [-0.1, -0.05) is 5.16 Å². The first-order chi connectivity index (χ1) is 19.5. The Morgan fingerprint density at radius 3 is 2.50 bits per heavy atom. The van der Waals surface area contributed by atoms with Crippen LogP contribution in [0.15, 0.2) is 52.1 Å². The number of halogens is 6. The number of alkyl carbamates (subject to hydrolysis) is 1. The molecule has 1 aliphatic heterocycles. The van der Waals surface area contributed by atoms with Gasteiger partial charge in [0.1, 0.15) is 29.5 Å². The molecule has 4 rings (SSSR count). The minimum absolute atomic E-state index is 0.119. The Morgan fingerprint density at radius 1 is 1.14 bits per heavy atom. The van der Waals surface area contributed by atoms with Crippen LogP contribution in [-0.4, -0.2) is 53.2 Å². The van der Waals surface area contributed by atoms with Gasteiger partial charge in [-0.15, -0.1) is 0 Å². The fraction of sp³-hybridized carbons (Fsp3) is 0.407. The van der Waals surface area contributed by atoms with Crippen LogP contribution in [0.1, 0.15) is 39.7 Å². The van der Waals surface area contributed by atoms with E-state index < -0.39 is 60.8 Å². The molecule has 1 amide bonds. The number of amidine groups is 1. The van der Waals surface area contributed by atoms with Crippen molar-refractivity contribution in [1.82, 2.24) is 15.5 Å².